The van der Waals surface area contributed by atoms with Crippen molar-refractivity contribution in [3.63, 3.8) is 0 Å². The maximum atomic E-state index is 4.24. The fraction of sp³-hybridized carbons (Fsp3) is 0.438. The van der Waals surface area contributed by atoms with Crippen LogP contribution in [0.25, 0.3) is 5.57 Å². The van der Waals surface area contributed by atoms with Crippen LogP contribution in [0.4, 0.5) is 0 Å². The van der Waals surface area contributed by atoms with Gasteiger partial charge in [-0.2, -0.15) is 5.21 Å². The lowest BCUT2D eigenvalue weighted by Gasteiger charge is -2.18. The van der Waals surface area contributed by atoms with E-state index in [9.17, 15) is 0 Å². The molecule has 4 heteroatoms. The van der Waals surface area contributed by atoms with Crippen molar-refractivity contribution in [2.24, 2.45) is 11.8 Å². The van der Waals surface area contributed by atoms with Crippen LogP contribution in [0, 0.1) is 11.8 Å². The average molecular weight is 268 g/mol. The SMILES string of the molecule is CC(C)C1=C(C(C)C)C(c2nn[nH]n2)c2ccccc21. The molecule has 1 aromatic carbocycles. The van der Waals surface area contributed by atoms with Crippen molar-refractivity contribution in [1.29, 1.82) is 0 Å². The third-order valence-corrected chi connectivity index (χ3v) is 4.00. The van der Waals surface area contributed by atoms with Gasteiger partial charge in [-0.3, -0.25) is 0 Å². The summed E-state index contributed by atoms with van der Waals surface area (Å²) in [4.78, 5) is 0. The number of nitrogens with zero attached hydrogens (tertiary/aromatic N) is 3. The monoisotopic (exact) mass is 268 g/mol. The predicted octanol–water partition coefficient (Wildman–Crippen LogP) is 3.41. The Hall–Kier alpha value is -1.97. The van der Waals surface area contributed by atoms with Gasteiger partial charge in [0, 0.05) is 0 Å². The molecule has 104 valence electrons. The fourth-order valence-electron chi connectivity index (χ4n) is 3.33. The van der Waals surface area contributed by atoms with Gasteiger partial charge in [0.2, 0.25) is 0 Å². The number of fused-ring (bicyclic) bond motifs is 1. The summed E-state index contributed by atoms with van der Waals surface area (Å²) >= 11 is 0. The molecule has 0 bridgehead atoms. The quantitative estimate of drug-likeness (QED) is 0.928. The van der Waals surface area contributed by atoms with Gasteiger partial charge in [-0.05, 0) is 34.1 Å². The van der Waals surface area contributed by atoms with E-state index in [4.69, 9.17) is 0 Å². The first-order chi connectivity index (χ1) is 9.61. The molecule has 0 fully saturated rings. The van der Waals surface area contributed by atoms with Gasteiger partial charge in [-0.15, -0.1) is 10.2 Å². The van der Waals surface area contributed by atoms with E-state index in [0.29, 0.717) is 11.8 Å². The van der Waals surface area contributed by atoms with Crippen molar-refractivity contribution in [3.05, 3.63) is 46.8 Å². The number of nitrogens with one attached hydrogen (secondary N) is 1. The molecule has 0 radical (unpaired) electrons. The first-order valence-electron chi connectivity index (χ1n) is 7.17. The van der Waals surface area contributed by atoms with Crippen LogP contribution < -0.4 is 0 Å². The Bertz CT molecular complexity index is 638. The lowest BCUT2D eigenvalue weighted by atomic mass is 9.86. The smallest absolute Gasteiger partial charge is 0.177 e. The molecule has 0 amide bonds. The van der Waals surface area contributed by atoms with Gasteiger partial charge in [-0.1, -0.05) is 57.2 Å². The van der Waals surface area contributed by atoms with Gasteiger partial charge in [0.1, 0.15) is 0 Å². The number of hydrogen-bond acceptors (Lipinski definition) is 3. The molecule has 2 aromatic rings. The second kappa shape index (κ2) is 4.85. The maximum Gasteiger partial charge on any atom is 0.186 e. The lowest BCUT2D eigenvalue weighted by molar-refractivity contribution is 0.682. The number of tetrazole rings is 1. The van der Waals surface area contributed by atoms with Gasteiger partial charge in [-0.25, -0.2) is 0 Å². The predicted molar refractivity (Wildman–Crippen MR) is 79.1 cm³/mol. The molecule has 0 saturated heterocycles. The maximum absolute atomic E-state index is 4.24. The summed E-state index contributed by atoms with van der Waals surface area (Å²) in [6.07, 6.45) is 0. The highest BCUT2D eigenvalue weighted by Gasteiger charge is 2.36. The molecule has 0 spiro atoms. The van der Waals surface area contributed by atoms with E-state index >= 15 is 0 Å². The summed E-state index contributed by atoms with van der Waals surface area (Å²) in [5.41, 5.74) is 5.54. The van der Waals surface area contributed by atoms with Gasteiger partial charge < -0.3 is 0 Å². The lowest BCUT2D eigenvalue weighted by Crippen LogP contribution is -2.09. The Morgan fingerprint density at radius 3 is 2.40 bits per heavy atom. The molecule has 1 N–H and O–H groups in total. The average Bonchev–Trinajstić information content (AvgIpc) is 3.02. The molecule has 0 aliphatic heterocycles. The van der Waals surface area contributed by atoms with Crippen molar-refractivity contribution < 1.29 is 0 Å². The molecule has 0 saturated carbocycles. The molecule has 1 aromatic heterocycles. The molecule has 1 aliphatic rings. The summed E-state index contributed by atoms with van der Waals surface area (Å²) in [5.74, 6) is 1.87. The van der Waals surface area contributed by atoms with Crippen LogP contribution >= 0.6 is 0 Å². The summed E-state index contributed by atoms with van der Waals surface area (Å²) in [6.45, 7) is 9.01. The van der Waals surface area contributed by atoms with Crippen LogP contribution in [0.1, 0.15) is 50.6 Å². The van der Waals surface area contributed by atoms with Crippen molar-refractivity contribution in [3.8, 4) is 0 Å². The van der Waals surface area contributed by atoms with E-state index in [1.54, 1.807) is 0 Å². The zero-order valence-corrected chi connectivity index (χ0v) is 12.4. The van der Waals surface area contributed by atoms with Crippen LogP contribution in [0.15, 0.2) is 29.8 Å². The Morgan fingerprint density at radius 2 is 1.80 bits per heavy atom. The molecule has 3 rings (SSSR count). The Labute approximate surface area is 119 Å². The zero-order chi connectivity index (χ0) is 14.3. The van der Waals surface area contributed by atoms with Gasteiger partial charge in [0.25, 0.3) is 0 Å². The zero-order valence-electron chi connectivity index (χ0n) is 12.4. The highest BCUT2D eigenvalue weighted by molar-refractivity contribution is 5.80. The minimum atomic E-state index is 0.141. The van der Waals surface area contributed by atoms with E-state index < -0.39 is 0 Å². The molecule has 1 aliphatic carbocycles. The second-order valence-corrected chi connectivity index (χ2v) is 5.97. The van der Waals surface area contributed by atoms with Crippen LogP contribution in [-0.4, -0.2) is 20.6 Å². The molecule has 1 atom stereocenters. The van der Waals surface area contributed by atoms with Crippen LogP contribution in [0.3, 0.4) is 0 Å². The number of rotatable bonds is 3. The van der Waals surface area contributed by atoms with E-state index in [0.717, 1.165) is 5.82 Å². The van der Waals surface area contributed by atoms with E-state index in [-0.39, 0.29) is 5.92 Å². The first-order valence-corrected chi connectivity index (χ1v) is 7.17. The number of hydrogen-bond donors (Lipinski definition) is 1. The first kappa shape index (κ1) is 13.0. The Morgan fingerprint density at radius 1 is 1.05 bits per heavy atom. The number of aromatic amines is 1. The molecular weight excluding hydrogens is 248 g/mol. The van der Waals surface area contributed by atoms with E-state index in [2.05, 4.69) is 72.6 Å². The van der Waals surface area contributed by atoms with Crippen molar-refractivity contribution in [1.82, 2.24) is 20.6 Å². The molecule has 1 heterocycles. The Kier molecular flexibility index (Phi) is 3.16. The highest BCUT2D eigenvalue weighted by atomic mass is 15.5. The normalized spacial score (nSPS) is 18.2. The molecule has 20 heavy (non-hydrogen) atoms. The topological polar surface area (TPSA) is 54.5 Å². The number of benzene rings is 1. The summed E-state index contributed by atoms with van der Waals surface area (Å²) in [5, 5.41) is 14.8. The van der Waals surface area contributed by atoms with Gasteiger partial charge >= 0.3 is 0 Å². The van der Waals surface area contributed by atoms with Crippen molar-refractivity contribution >= 4 is 5.57 Å². The van der Waals surface area contributed by atoms with Gasteiger partial charge in [0.15, 0.2) is 5.82 Å². The van der Waals surface area contributed by atoms with Crippen molar-refractivity contribution in [2.75, 3.05) is 0 Å². The van der Waals surface area contributed by atoms with Crippen LogP contribution in [0.5, 0.6) is 0 Å². The fourth-order valence-corrected chi connectivity index (χ4v) is 3.33. The van der Waals surface area contributed by atoms with Crippen molar-refractivity contribution in [2.45, 2.75) is 33.6 Å². The summed E-state index contributed by atoms with van der Waals surface area (Å²) < 4.78 is 0. The van der Waals surface area contributed by atoms with Crippen LogP contribution in [0.2, 0.25) is 0 Å². The standard InChI is InChI=1S/C16H20N4/c1-9(2)13-11-7-5-6-8-12(11)15(14(13)10(3)4)16-17-19-20-18-16/h5-10,15H,1-4H3,(H,17,18,19,20). The minimum absolute atomic E-state index is 0.141. The van der Waals surface area contributed by atoms with Gasteiger partial charge in [0.05, 0.1) is 5.92 Å². The third-order valence-electron chi connectivity index (χ3n) is 4.00. The van der Waals surface area contributed by atoms with E-state index in [1.807, 2.05) is 0 Å². The molecule has 4 nitrogen and oxygen atoms in total. The van der Waals surface area contributed by atoms with Crippen LogP contribution in [-0.2, 0) is 0 Å². The summed E-state index contributed by atoms with van der Waals surface area (Å²) in [7, 11) is 0. The second-order valence-electron chi connectivity index (χ2n) is 5.97. The number of aromatic nitrogens is 4. The third kappa shape index (κ3) is 1.87. The molecule has 1 unspecified atom stereocenters. The Balaban J connectivity index is 2.27. The largest absolute Gasteiger partial charge is 0.186 e. The van der Waals surface area contributed by atoms with E-state index in [1.165, 1.54) is 22.3 Å². The molecular formula is C16H20N4. The minimum Gasteiger partial charge on any atom is -0.177 e. The highest BCUT2D eigenvalue weighted by Crippen LogP contribution is 2.49. The number of allylic oxidation sites excluding steroid dienone is 2. The number of H-pyrrole nitrogens is 1. The summed E-state index contributed by atoms with van der Waals surface area (Å²) in [6, 6.07) is 8.60.